The fraction of sp³-hybridized carbons (Fsp3) is 1.00. The van der Waals surface area contributed by atoms with Crippen LogP contribution < -0.4 is 0 Å². The van der Waals surface area contributed by atoms with Crippen molar-refractivity contribution in [2.45, 2.75) is 117 Å². The molecule has 0 aliphatic carbocycles. The van der Waals surface area contributed by atoms with Crippen LogP contribution in [-0.2, 0) is 4.74 Å². The molecular formula is C25H49NO. The Hall–Kier alpha value is -0.0800. The second kappa shape index (κ2) is 12.5. The number of unbranched alkanes of at least 4 members (excludes halogenated alkanes) is 8. The van der Waals surface area contributed by atoms with Crippen LogP contribution in [0.5, 0.6) is 0 Å². The van der Waals surface area contributed by atoms with Crippen LogP contribution >= 0.6 is 0 Å². The van der Waals surface area contributed by atoms with Crippen molar-refractivity contribution in [3.63, 3.8) is 0 Å². The highest BCUT2D eigenvalue weighted by Crippen LogP contribution is 2.44. The largest absolute Gasteiger partial charge is 0.380 e. The summed E-state index contributed by atoms with van der Waals surface area (Å²) in [5.41, 5.74) is 0.501. The van der Waals surface area contributed by atoms with E-state index < -0.39 is 0 Å². The van der Waals surface area contributed by atoms with Crippen molar-refractivity contribution in [2.24, 2.45) is 17.3 Å². The predicted octanol–water partition coefficient (Wildman–Crippen LogP) is 7.07. The third-order valence-corrected chi connectivity index (χ3v) is 7.43. The summed E-state index contributed by atoms with van der Waals surface area (Å²) in [7, 11) is 0. The molecule has 2 heteroatoms. The monoisotopic (exact) mass is 379 g/mol. The summed E-state index contributed by atoms with van der Waals surface area (Å²) in [5.74, 6) is 1.61. The van der Waals surface area contributed by atoms with Gasteiger partial charge in [0.05, 0.1) is 13.2 Å². The Kier molecular flexibility index (Phi) is 10.7. The molecule has 1 spiro atoms. The number of hydrogen-bond donors (Lipinski definition) is 0. The van der Waals surface area contributed by atoms with Gasteiger partial charge in [0.25, 0.3) is 0 Å². The molecule has 2 unspecified atom stereocenters. The topological polar surface area (TPSA) is 12.5 Å². The molecule has 160 valence electrons. The number of rotatable bonds is 13. The number of ether oxygens (including phenoxy) is 1. The fourth-order valence-corrected chi connectivity index (χ4v) is 5.52. The first kappa shape index (κ1) is 23.2. The molecule has 2 rings (SSSR count). The van der Waals surface area contributed by atoms with E-state index in [1.165, 1.54) is 96.6 Å². The van der Waals surface area contributed by atoms with Gasteiger partial charge in [-0.2, -0.15) is 0 Å². The van der Waals surface area contributed by atoms with Crippen LogP contribution in [0.1, 0.15) is 111 Å². The van der Waals surface area contributed by atoms with E-state index in [2.05, 4.69) is 32.6 Å². The van der Waals surface area contributed by atoms with Gasteiger partial charge in [-0.15, -0.1) is 0 Å². The Morgan fingerprint density at radius 1 is 0.815 bits per heavy atom. The van der Waals surface area contributed by atoms with Crippen LogP contribution in [0.25, 0.3) is 0 Å². The van der Waals surface area contributed by atoms with E-state index in [1.807, 2.05) is 0 Å². The highest BCUT2D eigenvalue weighted by Gasteiger charge is 2.47. The molecule has 2 fully saturated rings. The molecule has 2 nitrogen and oxygen atoms in total. The maximum atomic E-state index is 5.67. The molecule has 2 heterocycles. The Bertz CT molecular complexity index is 365. The number of hydrogen-bond acceptors (Lipinski definition) is 2. The smallest absolute Gasteiger partial charge is 0.0547 e. The van der Waals surface area contributed by atoms with Crippen LogP contribution in [0.3, 0.4) is 0 Å². The summed E-state index contributed by atoms with van der Waals surface area (Å²) < 4.78 is 5.67. The summed E-state index contributed by atoms with van der Waals surface area (Å²) >= 11 is 0. The van der Waals surface area contributed by atoms with E-state index in [9.17, 15) is 0 Å². The normalized spacial score (nSPS) is 25.7. The van der Waals surface area contributed by atoms with Gasteiger partial charge in [0.1, 0.15) is 0 Å². The summed E-state index contributed by atoms with van der Waals surface area (Å²) in [4.78, 5) is 2.92. The Morgan fingerprint density at radius 2 is 1.37 bits per heavy atom. The van der Waals surface area contributed by atoms with Gasteiger partial charge in [0.2, 0.25) is 0 Å². The lowest BCUT2D eigenvalue weighted by atomic mass is 9.70. The number of likely N-dealkylation sites (tertiary alicyclic amines) is 1. The molecule has 2 saturated heterocycles. The average Bonchev–Trinajstić information content (AvgIpc) is 2.75. The highest BCUT2D eigenvalue weighted by molar-refractivity contribution is 4.96. The third-order valence-electron chi connectivity index (χ3n) is 7.43. The van der Waals surface area contributed by atoms with E-state index in [4.69, 9.17) is 4.74 Å². The van der Waals surface area contributed by atoms with Crippen molar-refractivity contribution in [1.29, 1.82) is 0 Å². The quantitative estimate of drug-likeness (QED) is 0.317. The van der Waals surface area contributed by atoms with Gasteiger partial charge in [0.15, 0.2) is 0 Å². The van der Waals surface area contributed by atoms with Crippen LogP contribution in [0, 0.1) is 17.3 Å². The van der Waals surface area contributed by atoms with Crippen LogP contribution in [0.2, 0.25) is 0 Å². The maximum Gasteiger partial charge on any atom is 0.0547 e. The molecule has 0 aromatic heterocycles. The zero-order valence-corrected chi connectivity index (χ0v) is 19.1. The molecule has 0 aromatic rings. The van der Waals surface area contributed by atoms with E-state index in [0.29, 0.717) is 5.41 Å². The first-order valence-electron chi connectivity index (χ1n) is 12.4. The highest BCUT2D eigenvalue weighted by atomic mass is 16.5. The van der Waals surface area contributed by atoms with Crippen molar-refractivity contribution >= 4 is 0 Å². The van der Waals surface area contributed by atoms with Gasteiger partial charge in [-0.05, 0) is 31.1 Å². The van der Waals surface area contributed by atoms with Crippen LogP contribution in [0.4, 0.5) is 0 Å². The summed E-state index contributed by atoms with van der Waals surface area (Å²) in [6.07, 6.45) is 18.4. The van der Waals surface area contributed by atoms with Crippen LogP contribution in [-0.4, -0.2) is 37.2 Å². The molecule has 0 N–H and O–H groups in total. The lowest BCUT2D eigenvalue weighted by molar-refractivity contribution is -0.149. The zero-order valence-electron chi connectivity index (χ0n) is 19.1. The fourth-order valence-electron chi connectivity index (χ4n) is 5.52. The molecule has 2 atom stereocenters. The van der Waals surface area contributed by atoms with Gasteiger partial charge in [-0.1, -0.05) is 91.9 Å². The second-order valence-electron chi connectivity index (χ2n) is 10.1. The number of nitrogens with zero attached hydrogens (tertiary/aromatic N) is 1. The minimum Gasteiger partial charge on any atom is -0.380 e. The van der Waals surface area contributed by atoms with E-state index in [1.54, 1.807) is 0 Å². The first-order valence-corrected chi connectivity index (χ1v) is 12.4. The van der Waals surface area contributed by atoms with Crippen molar-refractivity contribution in [3.8, 4) is 0 Å². The lowest BCUT2D eigenvalue weighted by Crippen LogP contribution is -2.50. The predicted molar refractivity (Wildman–Crippen MR) is 118 cm³/mol. The van der Waals surface area contributed by atoms with Crippen molar-refractivity contribution in [3.05, 3.63) is 0 Å². The van der Waals surface area contributed by atoms with Gasteiger partial charge < -0.3 is 4.74 Å². The van der Waals surface area contributed by atoms with Crippen molar-refractivity contribution in [2.75, 3.05) is 26.3 Å². The molecule has 2 aliphatic heterocycles. The van der Waals surface area contributed by atoms with Crippen molar-refractivity contribution < 1.29 is 4.74 Å². The van der Waals surface area contributed by atoms with Gasteiger partial charge >= 0.3 is 0 Å². The van der Waals surface area contributed by atoms with Gasteiger partial charge in [0, 0.05) is 24.5 Å². The second-order valence-corrected chi connectivity index (χ2v) is 10.1. The van der Waals surface area contributed by atoms with Crippen molar-refractivity contribution in [1.82, 2.24) is 4.90 Å². The third kappa shape index (κ3) is 7.35. The molecule has 0 bridgehead atoms. The minimum atomic E-state index is 0.501. The average molecular weight is 380 g/mol. The lowest BCUT2D eigenvalue weighted by Gasteiger charge is -2.46. The molecule has 27 heavy (non-hydrogen) atoms. The standard InChI is InChI=1S/C25H49NO/c1-5-7-9-11-13-15-24(16-14-12-10-8-6-2)26-18-22(3)17-25(20-27-21-25)23(4)19-26/h22-24H,5-21H2,1-4H3. The van der Waals surface area contributed by atoms with E-state index in [-0.39, 0.29) is 0 Å². The van der Waals surface area contributed by atoms with Crippen LogP contribution in [0.15, 0.2) is 0 Å². The molecule has 2 aliphatic rings. The maximum absolute atomic E-state index is 5.67. The Balaban J connectivity index is 1.88. The first-order chi connectivity index (χ1) is 13.1. The molecule has 0 aromatic carbocycles. The van der Waals surface area contributed by atoms with Gasteiger partial charge in [-0.3, -0.25) is 4.90 Å². The van der Waals surface area contributed by atoms with E-state index >= 15 is 0 Å². The molecule has 0 saturated carbocycles. The van der Waals surface area contributed by atoms with E-state index in [0.717, 1.165) is 31.1 Å². The molecular weight excluding hydrogens is 330 g/mol. The Labute approximate surface area is 170 Å². The summed E-state index contributed by atoms with van der Waals surface area (Å²) in [5, 5.41) is 0. The van der Waals surface area contributed by atoms with Gasteiger partial charge in [-0.25, -0.2) is 0 Å². The zero-order chi connectivity index (χ0) is 19.5. The molecule has 0 amide bonds. The Morgan fingerprint density at radius 3 is 1.85 bits per heavy atom. The SMILES string of the molecule is CCCCCCCC(CCCCCCC)N1CC(C)CC2(COC2)C(C)C1. The minimum absolute atomic E-state index is 0.501. The molecule has 0 radical (unpaired) electrons. The summed E-state index contributed by atoms with van der Waals surface area (Å²) in [6.45, 7) is 14.3. The summed E-state index contributed by atoms with van der Waals surface area (Å²) in [6, 6.07) is 0.828.